The zero-order valence-electron chi connectivity index (χ0n) is 17.1. The van der Waals surface area contributed by atoms with Gasteiger partial charge in [-0.1, -0.05) is 26.0 Å². The minimum Gasteiger partial charge on any atom is -0.353 e. The van der Waals surface area contributed by atoms with Crippen LogP contribution in [0.2, 0.25) is 0 Å². The highest BCUT2D eigenvalue weighted by atomic mass is 32.2. The molecule has 7 heteroatoms. The van der Waals surface area contributed by atoms with Crippen molar-refractivity contribution >= 4 is 15.9 Å². The average Bonchev–Trinajstić information content (AvgIpc) is 2.66. The van der Waals surface area contributed by atoms with Gasteiger partial charge in [0.15, 0.2) is 0 Å². The number of sulfonamides is 1. The van der Waals surface area contributed by atoms with Crippen LogP contribution in [0.15, 0.2) is 29.2 Å². The summed E-state index contributed by atoms with van der Waals surface area (Å²) in [6.45, 7) is 11.9. The van der Waals surface area contributed by atoms with E-state index in [0.717, 1.165) is 12.0 Å². The standard InChI is InChI=1S/C20H33N3O3S/c1-6-16(4)18-7-9-19(10-8-18)27(25,26)23-13-11-22(12-14-23)17(5)20(24)21-15(2)3/h7-10,15-17H,6,11-14H2,1-5H3,(H,21,24)/t16-,17+/m1/s1. The van der Waals surface area contributed by atoms with Crippen molar-refractivity contribution < 1.29 is 13.2 Å². The zero-order valence-corrected chi connectivity index (χ0v) is 17.9. The van der Waals surface area contributed by atoms with E-state index in [0.29, 0.717) is 37.0 Å². The van der Waals surface area contributed by atoms with Gasteiger partial charge in [0.25, 0.3) is 0 Å². The van der Waals surface area contributed by atoms with Gasteiger partial charge in [-0.3, -0.25) is 9.69 Å². The van der Waals surface area contributed by atoms with Crippen LogP contribution >= 0.6 is 0 Å². The highest BCUT2D eigenvalue weighted by Gasteiger charge is 2.31. The average molecular weight is 396 g/mol. The highest BCUT2D eigenvalue weighted by molar-refractivity contribution is 7.89. The van der Waals surface area contributed by atoms with E-state index in [1.165, 1.54) is 4.31 Å². The number of carbonyl (C=O) groups is 1. The van der Waals surface area contributed by atoms with Gasteiger partial charge in [-0.05, 0) is 50.8 Å². The Morgan fingerprint density at radius 3 is 2.07 bits per heavy atom. The molecule has 0 bridgehead atoms. The number of piperazine rings is 1. The second-order valence-electron chi connectivity index (χ2n) is 7.66. The van der Waals surface area contributed by atoms with E-state index in [-0.39, 0.29) is 18.0 Å². The molecule has 27 heavy (non-hydrogen) atoms. The maximum absolute atomic E-state index is 12.9. The lowest BCUT2D eigenvalue weighted by molar-refractivity contribution is -0.126. The molecule has 2 atom stereocenters. The Morgan fingerprint density at radius 1 is 1.04 bits per heavy atom. The van der Waals surface area contributed by atoms with Crippen molar-refractivity contribution in [1.29, 1.82) is 0 Å². The Morgan fingerprint density at radius 2 is 1.59 bits per heavy atom. The van der Waals surface area contributed by atoms with Gasteiger partial charge < -0.3 is 5.32 Å². The summed E-state index contributed by atoms with van der Waals surface area (Å²) in [6.07, 6.45) is 1.02. The molecular formula is C20H33N3O3S. The molecule has 0 aromatic heterocycles. The summed E-state index contributed by atoms with van der Waals surface area (Å²) < 4.78 is 27.4. The second kappa shape index (κ2) is 9.17. The van der Waals surface area contributed by atoms with Gasteiger partial charge in [0.1, 0.15) is 0 Å². The minimum absolute atomic E-state index is 0.0121. The molecule has 1 fully saturated rings. The summed E-state index contributed by atoms with van der Waals surface area (Å²) in [5.74, 6) is 0.408. The number of rotatable bonds is 7. The van der Waals surface area contributed by atoms with Crippen LogP contribution in [0.4, 0.5) is 0 Å². The van der Waals surface area contributed by atoms with Gasteiger partial charge in [-0.15, -0.1) is 0 Å². The highest BCUT2D eigenvalue weighted by Crippen LogP contribution is 2.23. The topological polar surface area (TPSA) is 69.7 Å². The van der Waals surface area contributed by atoms with Crippen molar-refractivity contribution in [3.8, 4) is 0 Å². The number of nitrogens with one attached hydrogen (secondary N) is 1. The summed E-state index contributed by atoms with van der Waals surface area (Å²) in [5, 5.41) is 2.91. The van der Waals surface area contributed by atoms with E-state index in [1.807, 2.05) is 37.8 Å². The largest absolute Gasteiger partial charge is 0.353 e. The summed E-state index contributed by atoms with van der Waals surface area (Å²) in [4.78, 5) is 14.6. The van der Waals surface area contributed by atoms with E-state index >= 15 is 0 Å². The monoisotopic (exact) mass is 395 g/mol. The molecule has 1 heterocycles. The molecule has 0 aliphatic carbocycles. The molecule has 0 saturated carbocycles. The molecule has 1 aliphatic heterocycles. The van der Waals surface area contributed by atoms with Crippen LogP contribution < -0.4 is 5.32 Å². The third-order valence-corrected chi connectivity index (χ3v) is 7.24. The molecular weight excluding hydrogens is 362 g/mol. The molecule has 1 amide bonds. The predicted molar refractivity (Wildman–Crippen MR) is 108 cm³/mol. The fourth-order valence-corrected chi connectivity index (χ4v) is 4.68. The molecule has 1 aromatic carbocycles. The quantitative estimate of drug-likeness (QED) is 0.770. The Labute approximate surface area is 164 Å². The van der Waals surface area contributed by atoms with Crippen LogP contribution in [0.1, 0.15) is 52.5 Å². The lowest BCUT2D eigenvalue weighted by atomic mass is 9.99. The molecule has 0 radical (unpaired) electrons. The first-order valence-electron chi connectivity index (χ1n) is 9.81. The van der Waals surface area contributed by atoms with E-state index in [4.69, 9.17) is 0 Å². The fraction of sp³-hybridized carbons (Fsp3) is 0.650. The normalized spacial score (nSPS) is 19.0. The number of hydrogen-bond acceptors (Lipinski definition) is 4. The predicted octanol–water partition coefficient (Wildman–Crippen LogP) is 2.42. The number of carbonyl (C=O) groups excluding carboxylic acids is 1. The van der Waals surface area contributed by atoms with Crippen molar-refractivity contribution in [3.05, 3.63) is 29.8 Å². The maximum atomic E-state index is 12.9. The Hall–Kier alpha value is -1.44. The lowest BCUT2D eigenvalue weighted by Crippen LogP contribution is -2.55. The minimum atomic E-state index is -3.49. The summed E-state index contributed by atoms with van der Waals surface area (Å²) in [5.41, 5.74) is 1.16. The molecule has 152 valence electrons. The SMILES string of the molecule is CC[C@@H](C)c1ccc(S(=O)(=O)N2CCN([C@@H](C)C(=O)NC(C)C)CC2)cc1. The number of nitrogens with zero attached hydrogens (tertiary/aromatic N) is 2. The third-order valence-electron chi connectivity index (χ3n) is 5.33. The van der Waals surface area contributed by atoms with Gasteiger partial charge >= 0.3 is 0 Å². The molecule has 0 unspecified atom stereocenters. The van der Waals surface area contributed by atoms with Crippen molar-refractivity contribution in [2.75, 3.05) is 26.2 Å². The van der Waals surface area contributed by atoms with E-state index < -0.39 is 10.0 Å². The van der Waals surface area contributed by atoms with Gasteiger partial charge in [0.05, 0.1) is 10.9 Å². The molecule has 1 aliphatic rings. The Bertz CT molecular complexity index is 723. The molecule has 1 saturated heterocycles. The molecule has 1 N–H and O–H groups in total. The molecule has 1 aromatic rings. The van der Waals surface area contributed by atoms with Gasteiger partial charge in [0.2, 0.25) is 15.9 Å². The molecule has 6 nitrogen and oxygen atoms in total. The first kappa shape index (κ1) is 21.9. The lowest BCUT2D eigenvalue weighted by Gasteiger charge is -2.37. The fourth-order valence-electron chi connectivity index (χ4n) is 3.26. The van der Waals surface area contributed by atoms with Gasteiger partial charge in [-0.2, -0.15) is 4.31 Å². The van der Waals surface area contributed by atoms with E-state index in [1.54, 1.807) is 12.1 Å². The van der Waals surface area contributed by atoms with Crippen LogP contribution in [0.25, 0.3) is 0 Å². The van der Waals surface area contributed by atoms with Crippen molar-refractivity contribution in [3.63, 3.8) is 0 Å². The summed E-state index contributed by atoms with van der Waals surface area (Å²) >= 11 is 0. The van der Waals surface area contributed by atoms with Crippen LogP contribution in [-0.2, 0) is 14.8 Å². The number of amides is 1. The number of benzene rings is 1. The van der Waals surface area contributed by atoms with E-state index in [2.05, 4.69) is 19.2 Å². The summed E-state index contributed by atoms with van der Waals surface area (Å²) in [6, 6.07) is 7.09. The van der Waals surface area contributed by atoms with E-state index in [9.17, 15) is 13.2 Å². The molecule has 0 spiro atoms. The molecule has 2 rings (SSSR count). The maximum Gasteiger partial charge on any atom is 0.243 e. The van der Waals surface area contributed by atoms with Crippen molar-refractivity contribution in [2.24, 2.45) is 0 Å². The zero-order chi connectivity index (χ0) is 20.2. The first-order chi connectivity index (χ1) is 12.7. The Kier molecular flexibility index (Phi) is 7.42. The van der Waals surface area contributed by atoms with Crippen molar-refractivity contribution in [2.45, 2.75) is 63.9 Å². The first-order valence-corrected chi connectivity index (χ1v) is 11.2. The van der Waals surface area contributed by atoms with Crippen molar-refractivity contribution in [1.82, 2.24) is 14.5 Å². The van der Waals surface area contributed by atoms with Crippen LogP contribution in [0, 0.1) is 0 Å². The Balaban J connectivity index is 2.01. The smallest absolute Gasteiger partial charge is 0.243 e. The second-order valence-corrected chi connectivity index (χ2v) is 9.60. The van der Waals surface area contributed by atoms with Gasteiger partial charge in [-0.25, -0.2) is 8.42 Å². The third kappa shape index (κ3) is 5.30. The van der Waals surface area contributed by atoms with Gasteiger partial charge in [0, 0.05) is 32.2 Å². The number of hydrogen-bond donors (Lipinski definition) is 1. The summed E-state index contributed by atoms with van der Waals surface area (Å²) in [7, 11) is -3.49. The van der Waals surface area contributed by atoms with Crippen LogP contribution in [-0.4, -0.2) is 61.8 Å². The van der Waals surface area contributed by atoms with Crippen LogP contribution in [0.5, 0.6) is 0 Å². The van der Waals surface area contributed by atoms with Crippen LogP contribution in [0.3, 0.4) is 0 Å².